The van der Waals surface area contributed by atoms with E-state index in [4.69, 9.17) is 21.1 Å². The zero-order valence-corrected chi connectivity index (χ0v) is 11.4. The zero-order valence-electron chi connectivity index (χ0n) is 9.10. The van der Waals surface area contributed by atoms with Gasteiger partial charge in [0.2, 0.25) is 0 Å². The number of hydrogen-bond donors (Lipinski definition) is 0. The van der Waals surface area contributed by atoms with Crippen molar-refractivity contribution in [3.63, 3.8) is 0 Å². The van der Waals surface area contributed by atoms with Crippen molar-refractivity contribution >= 4 is 33.7 Å². The Labute approximate surface area is 117 Å². The van der Waals surface area contributed by atoms with Crippen LogP contribution in [0, 0.1) is 0 Å². The Morgan fingerprint density at radius 3 is 1.83 bits per heavy atom. The highest BCUT2D eigenvalue weighted by Crippen LogP contribution is 2.19. The van der Waals surface area contributed by atoms with E-state index in [9.17, 15) is 4.79 Å². The van der Waals surface area contributed by atoms with Gasteiger partial charge in [-0.25, -0.2) is 4.79 Å². The van der Waals surface area contributed by atoms with Gasteiger partial charge in [0, 0.05) is 9.50 Å². The van der Waals surface area contributed by atoms with Gasteiger partial charge in [-0.1, -0.05) is 27.5 Å². The van der Waals surface area contributed by atoms with Gasteiger partial charge in [-0.2, -0.15) is 0 Å². The van der Waals surface area contributed by atoms with Crippen LogP contribution in [0.4, 0.5) is 4.79 Å². The predicted molar refractivity (Wildman–Crippen MR) is 72.2 cm³/mol. The van der Waals surface area contributed by atoms with Gasteiger partial charge in [-0.05, 0) is 48.5 Å². The van der Waals surface area contributed by atoms with Crippen LogP contribution in [0.15, 0.2) is 53.0 Å². The highest BCUT2D eigenvalue weighted by molar-refractivity contribution is 9.10. The number of ether oxygens (including phenoxy) is 2. The first-order chi connectivity index (χ1) is 8.63. The molecule has 0 radical (unpaired) electrons. The Balaban J connectivity index is 1.96. The second-order valence-corrected chi connectivity index (χ2v) is 4.71. The minimum Gasteiger partial charge on any atom is -0.395 e. The van der Waals surface area contributed by atoms with E-state index in [1.807, 2.05) is 0 Å². The molecule has 0 atom stereocenters. The Bertz CT molecular complexity index is 488. The molecule has 3 nitrogen and oxygen atoms in total. The molecule has 0 bridgehead atoms. The average Bonchev–Trinajstić information content (AvgIpc) is 2.35. The number of halogens is 2. The van der Waals surface area contributed by atoms with Crippen molar-refractivity contribution in [1.82, 2.24) is 0 Å². The first kappa shape index (κ1) is 12.9. The van der Waals surface area contributed by atoms with Gasteiger partial charge in [-0.3, -0.25) is 0 Å². The van der Waals surface area contributed by atoms with Crippen LogP contribution in [0.5, 0.6) is 11.5 Å². The van der Waals surface area contributed by atoms with E-state index in [0.717, 1.165) is 4.47 Å². The third-order valence-corrected chi connectivity index (χ3v) is 2.81. The van der Waals surface area contributed by atoms with Crippen LogP contribution < -0.4 is 9.47 Å². The van der Waals surface area contributed by atoms with Gasteiger partial charge >= 0.3 is 6.16 Å². The lowest BCUT2D eigenvalue weighted by atomic mass is 10.3. The molecule has 0 spiro atoms. The molecule has 0 unspecified atom stereocenters. The molecule has 0 saturated heterocycles. The highest BCUT2D eigenvalue weighted by atomic mass is 79.9. The predicted octanol–water partition coefficient (Wildman–Crippen LogP) is 4.68. The number of carbonyl (C=O) groups is 1. The number of rotatable bonds is 2. The summed E-state index contributed by atoms with van der Waals surface area (Å²) in [5.74, 6) is 0.790. The molecule has 92 valence electrons. The molecular formula is C13H8BrClO3. The molecule has 0 fully saturated rings. The summed E-state index contributed by atoms with van der Waals surface area (Å²) in [5, 5.41) is 0.573. The van der Waals surface area contributed by atoms with Crippen LogP contribution >= 0.6 is 27.5 Å². The molecule has 2 aromatic carbocycles. The molecule has 0 aromatic heterocycles. The van der Waals surface area contributed by atoms with Crippen LogP contribution in [-0.2, 0) is 0 Å². The Morgan fingerprint density at radius 1 is 0.889 bits per heavy atom. The zero-order chi connectivity index (χ0) is 13.0. The fourth-order valence-electron chi connectivity index (χ4n) is 1.22. The lowest BCUT2D eigenvalue weighted by Crippen LogP contribution is -2.13. The summed E-state index contributed by atoms with van der Waals surface area (Å²) in [6.07, 6.45) is -0.792. The molecule has 0 amide bonds. The van der Waals surface area contributed by atoms with E-state index in [2.05, 4.69) is 15.9 Å². The molecule has 2 rings (SSSR count). The van der Waals surface area contributed by atoms with Gasteiger partial charge in [0.15, 0.2) is 0 Å². The lowest BCUT2D eigenvalue weighted by Gasteiger charge is -2.05. The lowest BCUT2D eigenvalue weighted by molar-refractivity contribution is 0.152. The van der Waals surface area contributed by atoms with Crippen LogP contribution in [0.3, 0.4) is 0 Å². The minimum atomic E-state index is -0.792. The molecule has 18 heavy (non-hydrogen) atoms. The summed E-state index contributed by atoms with van der Waals surface area (Å²) in [7, 11) is 0. The van der Waals surface area contributed by atoms with E-state index in [0.29, 0.717) is 16.5 Å². The van der Waals surface area contributed by atoms with Crippen LogP contribution in [0.2, 0.25) is 5.02 Å². The highest BCUT2D eigenvalue weighted by Gasteiger charge is 2.07. The third kappa shape index (κ3) is 3.75. The van der Waals surface area contributed by atoms with Crippen molar-refractivity contribution in [3.8, 4) is 11.5 Å². The number of carbonyl (C=O) groups excluding carboxylic acids is 1. The summed E-state index contributed by atoms with van der Waals surface area (Å²) in [5.41, 5.74) is 0. The topological polar surface area (TPSA) is 35.5 Å². The molecular weight excluding hydrogens is 319 g/mol. The molecule has 0 saturated carbocycles. The summed E-state index contributed by atoms with van der Waals surface area (Å²) in [6.45, 7) is 0. The monoisotopic (exact) mass is 326 g/mol. The van der Waals surface area contributed by atoms with Gasteiger partial charge in [0.1, 0.15) is 11.5 Å². The van der Waals surface area contributed by atoms with Crippen LogP contribution in [0.1, 0.15) is 0 Å². The van der Waals surface area contributed by atoms with Crippen molar-refractivity contribution in [2.45, 2.75) is 0 Å². The van der Waals surface area contributed by atoms with Gasteiger partial charge in [0.05, 0.1) is 0 Å². The smallest absolute Gasteiger partial charge is 0.395 e. The van der Waals surface area contributed by atoms with Crippen LogP contribution in [0.25, 0.3) is 0 Å². The van der Waals surface area contributed by atoms with E-state index in [1.54, 1.807) is 48.5 Å². The van der Waals surface area contributed by atoms with E-state index in [1.165, 1.54) is 0 Å². The standard InChI is InChI=1S/C13H8BrClO3/c14-9-1-5-11(6-2-9)17-13(16)18-12-7-3-10(15)4-8-12/h1-8H. The fraction of sp³-hybridized carbons (Fsp3) is 0. The Morgan fingerprint density at radius 2 is 1.33 bits per heavy atom. The van der Waals surface area contributed by atoms with E-state index in [-0.39, 0.29) is 0 Å². The number of benzene rings is 2. The van der Waals surface area contributed by atoms with Crippen molar-refractivity contribution in [1.29, 1.82) is 0 Å². The Kier molecular flexibility index (Phi) is 4.23. The largest absolute Gasteiger partial charge is 0.519 e. The molecule has 0 aliphatic carbocycles. The molecule has 2 aromatic rings. The normalized spacial score (nSPS) is 9.89. The van der Waals surface area contributed by atoms with Crippen molar-refractivity contribution in [2.75, 3.05) is 0 Å². The number of hydrogen-bond acceptors (Lipinski definition) is 3. The minimum absolute atomic E-state index is 0.376. The molecule has 5 heteroatoms. The second-order valence-electron chi connectivity index (χ2n) is 3.36. The maximum atomic E-state index is 11.5. The summed E-state index contributed by atoms with van der Waals surface area (Å²) in [4.78, 5) is 11.5. The van der Waals surface area contributed by atoms with Crippen molar-refractivity contribution in [2.24, 2.45) is 0 Å². The molecule has 0 aliphatic heterocycles. The molecule has 0 N–H and O–H groups in total. The van der Waals surface area contributed by atoms with E-state index < -0.39 is 6.16 Å². The molecule has 0 aliphatic rings. The SMILES string of the molecule is O=C(Oc1ccc(Cl)cc1)Oc1ccc(Br)cc1. The fourth-order valence-corrected chi connectivity index (χ4v) is 1.61. The first-order valence-corrected chi connectivity index (χ1v) is 6.21. The quantitative estimate of drug-likeness (QED) is 0.593. The summed E-state index contributed by atoms with van der Waals surface area (Å²) >= 11 is 9.00. The average molecular weight is 328 g/mol. The van der Waals surface area contributed by atoms with Gasteiger partial charge in [-0.15, -0.1) is 0 Å². The van der Waals surface area contributed by atoms with Crippen molar-refractivity contribution < 1.29 is 14.3 Å². The maximum Gasteiger partial charge on any atom is 0.519 e. The third-order valence-electron chi connectivity index (χ3n) is 2.03. The van der Waals surface area contributed by atoms with E-state index >= 15 is 0 Å². The van der Waals surface area contributed by atoms with Gasteiger partial charge in [0.25, 0.3) is 0 Å². The van der Waals surface area contributed by atoms with Crippen molar-refractivity contribution in [3.05, 3.63) is 58.0 Å². The maximum absolute atomic E-state index is 11.5. The first-order valence-electron chi connectivity index (χ1n) is 5.04. The summed E-state index contributed by atoms with van der Waals surface area (Å²) in [6, 6.07) is 13.3. The Hall–Kier alpha value is -1.52. The van der Waals surface area contributed by atoms with Gasteiger partial charge < -0.3 is 9.47 Å². The summed E-state index contributed by atoms with van der Waals surface area (Å²) < 4.78 is 10.9. The second kappa shape index (κ2) is 5.89. The molecule has 0 heterocycles. The van der Waals surface area contributed by atoms with Crippen LogP contribution in [-0.4, -0.2) is 6.16 Å².